The molecule has 2 N–H and O–H groups in total. The second-order valence-corrected chi connectivity index (χ2v) is 10.2. The van der Waals surface area contributed by atoms with Gasteiger partial charge in [-0.05, 0) is 87.2 Å². The van der Waals surface area contributed by atoms with Crippen LogP contribution in [0.3, 0.4) is 0 Å². The van der Waals surface area contributed by atoms with Crippen molar-refractivity contribution in [2.75, 3.05) is 4.90 Å². The number of hydrogen-bond donors (Lipinski definition) is 2. The van der Waals surface area contributed by atoms with E-state index in [4.69, 9.17) is 12.2 Å². The third-order valence-electron chi connectivity index (χ3n) is 6.53. The summed E-state index contributed by atoms with van der Waals surface area (Å²) in [5.41, 5.74) is 3.00. The van der Waals surface area contributed by atoms with Crippen LogP contribution in [0.5, 0.6) is 0 Å². The minimum Gasteiger partial charge on any atom is -0.478 e. The van der Waals surface area contributed by atoms with Crippen LogP contribution < -0.4 is 10.2 Å². The number of anilines is 1. The van der Waals surface area contributed by atoms with Crippen LogP contribution in [0, 0.1) is 19.7 Å². The van der Waals surface area contributed by atoms with Gasteiger partial charge >= 0.3 is 5.97 Å². The van der Waals surface area contributed by atoms with Crippen molar-refractivity contribution < 1.29 is 23.9 Å². The Hall–Kier alpha value is -3.63. The number of amides is 2. The molecule has 2 amide bonds. The Balaban J connectivity index is 1.60. The summed E-state index contributed by atoms with van der Waals surface area (Å²) in [6.45, 7) is 3.66. The Morgan fingerprint density at radius 2 is 1.92 bits per heavy atom. The van der Waals surface area contributed by atoms with E-state index < -0.39 is 23.6 Å². The first-order valence-corrected chi connectivity index (χ1v) is 12.6. The Morgan fingerprint density at radius 1 is 1.19 bits per heavy atom. The molecule has 0 saturated carbocycles. The standard InChI is InChI=1S/C26H22FN3O4S2/c1-13-11-15(14(2)29(13)24-21(25(33)34)16-7-3-6-10-20(16)36-24)12-17-22(31)28-26(35)30(23(17)32)19-9-5-4-8-18(19)27/h4-5,8-9,11-12H,3,6-7,10H2,1-2H3,(H,33,34)(H,28,31,35)/b17-12+. The molecule has 1 saturated heterocycles. The van der Waals surface area contributed by atoms with Crippen molar-refractivity contribution in [1.29, 1.82) is 0 Å². The van der Waals surface area contributed by atoms with Gasteiger partial charge in [0.15, 0.2) is 5.11 Å². The number of aromatic nitrogens is 1. The zero-order valence-electron chi connectivity index (χ0n) is 19.6. The number of carbonyl (C=O) groups excluding carboxylic acids is 2. The van der Waals surface area contributed by atoms with Crippen molar-refractivity contribution in [3.8, 4) is 5.00 Å². The predicted molar refractivity (Wildman–Crippen MR) is 139 cm³/mol. The first-order chi connectivity index (χ1) is 17.2. The molecular weight excluding hydrogens is 501 g/mol. The number of benzene rings is 1. The Kier molecular flexibility index (Phi) is 6.09. The molecule has 1 fully saturated rings. The lowest BCUT2D eigenvalue weighted by atomic mass is 9.95. The molecule has 36 heavy (non-hydrogen) atoms. The monoisotopic (exact) mass is 523 g/mol. The first kappa shape index (κ1) is 24.1. The number of carboxylic acids is 1. The molecule has 0 spiro atoms. The number of thiophene rings is 1. The quantitative estimate of drug-likeness (QED) is 0.294. The lowest BCUT2D eigenvalue weighted by Gasteiger charge is -2.29. The number of nitrogens with one attached hydrogen (secondary N) is 1. The molecule has 0 radical (unpaired) electrons. The SMILES string of the molecule is Cc1cc(/C=C2\C(=O)NC(=S)N(c3ccccc3F)C2=O)c(C)n1-c1sc2c(c1C(=O)O)CCCC2. The number of hydrogen-bond acceptors (Lipinski definition) is 5. The average Bonchev–Trinajstić information content (AvgIpc) is 3.34. The summed E-state index contributed by atoms with van der Waals surface area (Å²) >= 11 is 6.64. The van der Waals surface area contributed by atoms with Gasteiger partial charge in [0, 0.05) is 16.3 Å². The molecule has 0 atom stereocenters. The molecule has 184 valence electrons. The molecule has 3 heterocycles. The van der Waals surface area contributed by atoms with Gasteiger partial charge in [-0.1, -0.05) is 12.1 Å². The number of para-hydroxylation sites is 1. The highest BCUT2D eigenvalue weighted by Crippen LogP contribution is 2.39. The number of aryl methyl sites for hydroxylation is 2. The normalized spacial score (nSPS) is 16.9. The number of halogens is 1. The van der Waals surface area contributed by atoms with Gasteiger partial charge in [-0.2, -0.15) is 0 Å². The molecule has 10 heteroatoms. The molecule has 2 aromatic heterocycles. The second-order valence-electron chi connectivity index (χ2n) is 8.77. The fourth-order valence-corrected chi connectivity index (χ4v) is 6.61. The summed E-state index contributed by atoms with van der Waals surface area (Å²) in [6.07, 6.45) is 5.04. The highest BCUT2D eigenvalue weighted by atomic mass is 32.1. The van der Waals surface area contributed by atoms with Crippen molar-refractivity contribution in [3.63, 3.8) is 0 Å². The maximum atomic E-state index is 14.4. The van der Waals surface area contributed by atoms with E-state index in [1.807, 2.05) is 18.4 Å². The minimum atomic E-state index is -0.965. The van der Waals surface area contributed by atoms with Gasteiger partial charge in [0.2, 0.25) is 0 Å². The topological polar surface area (TPSA) is 91.6 Å². The van der Waals surface area contributed by atoms with Crippen LogP contribution in [0.25, 0.3) is 11.1 Å². The summed E-state index contributed by atoms with van der Waals surface area (Å²) in [5.74, 6) is -3.03. The van der Waals surface area contributed by atoms with Gasteiger partial charge in [-0.3, -0.25) is 14.9 Å². The van der Waals surface area contributed by atoms with Crippen LogP contribution in [-0.4, -0.2) is 32.6 Å². The number of carbonyl (C=O) groups is 3. The van der Waals surface area contributed by atoms with Crippen LogP contribution in [0.4, 0.5) is 10.1 Å². The molecule has 1 aliphatic carbocycles. The maximum Gasteiger partial charge on any atom is 0.339 e. The van der Waals surface area contributed by atoms with Gasteiger partial charge in [0.1, 0.15) is 16.4 Å². The van der Waals surface area contributed by atoms with Gasteiger partial charge in [0.05, 0.1) is 11.3 Å². The van der Waals surface area contributed by atoms with E-state index in [0.717, 1.165) is 46.7 Å². The highest BCUT2D eigenvalue weighted by Gasteiger charge is 2.36. The van der Waals surface area contributed by atoms with Crippen molar-refractivity contribution in [3.05, 3.63) is 74.7 Å². The minimum absolute atomic E-state index is 0.0564. The van der Waals surface area contributed by atoms with Crippen LogP contribution >= 0.6 is 23.6 Å². The highest BCUT2D eigenvalue weighted by molar-refractivity contribution is 7.80. The number of carboxylic acid groups (broad SMARTS) is 1. The molecule has 0 bridgehead atoms. The zero-order chi connectivity index (χ0) is 25.7. The van der Waals surface area contributed by atoms with Crippen LogP contribution in [0.2, 0.25) is 0 Å². The molecule has 3 aromatic rings. The number of rotatable bonds is 4. The Morgan fingerprint density at radius 3 is 2.64 bits per heavy atom. The first-order valence-electron chi connectivity index (χ1n) is 11.4. The summed E-state index contributed by atoms with van der Waals surface area (Å²) in [4.78, 5) is 40.3. The Labute approximate surface area is 215 Å². The van der Waals surface area contributed by atoms with E-state index in [1.165, 1.54) is 35.6 Å². The predicted octanol–water partition coefficient (Wildman–Crippen LogP) is 4.70. The fourth-order valence-electron chi connectivity index (χ4n) is 4.84. The summed E-state index contributed by atoms with van der Waals surface area (Å²) in [6, 6.07) is 7.48. The molecule has 5 rings (SSSR count). The molecule has 2 aliphatic rings. The number of aromatic carboxylic acids is 1. The van der Waals surface area contributed by atoms with Gasteiger partial charge in [-0.25, -0.2) is 14.1 Å². The summed E-state index contributed by atoms with van der Waals surface area (Å²) < 4.78 is 16.3. The van der Waals surface area contributed by atoms with Gasteiger partial charge < -0.3 is 9.67 Å². The number of fused-ring (bicyclic) bond motifs is 1. The lowest BCUT2D eigenvalue weighted by molar-refractivity contribution is -0.122. The summed E-state index contributed by atoms with van der Waals surface area (Å²) in [5, 5.41) is 12.9. The van der Waals surface area contributed by atoms with Crippen molar-refractivity contribution in [1.82, 2.24) is 9.88 Å². The summed E-state index contributed by atoms with van der Waals surface area (Å²) in [7, 11) is 0. The van der Waals surface area contributed by atoms with Crippen molar-refractivity contribution in [2.24, 2.45) is 0 Å². The van der Waals surface area contributed by atoms with E-state index in [9.17, 15) is 23.9 Å². The van der Waals surface area contributed by atoms with E-state index >= 15 is 0 Å². The van der Waals surface area contributed by atoms with Crippen molar-refractivity contribution >= 4 is 58.2 Å². The molecule has 1 aliphatic heterocycles. The van der Waals surface area contributed by atoms with Gasteiger partial charge in [0.25, 0.3) is 11.8 Å². The fraction of sp³-hybridized carbons (Fsp3) is 0.231. The molecule has 0 unspecified atom stereocenters. The van der Waals surface area contributed by atoms with Crippen molar-refractivity contribution in [2.45, 2.75) is 39.5 Å². The third kappa shape index (κ3) is 3.86. The largest absolute Gasteiger partial charge is 0.478 e. The molecular formula is C26H22FN3O4S2. The third-order valence-corrected chi connectivity index (χ3v) is 8.10. The number of thiocarbonyl (C=S) groups is 1. The van der Waals surface area contributed by atoms with Gasteiger partial charge in [-0.15, -0.1) is 11.3 Å². The van der Waals surface area contributed by atoms with Crippen LogP contribution in [0.15, 0.2) is 35.9 Å². The van der Waals surface area contributed by atoms with Crippen LogP contribution in [0.1, 0.15) is 50.6 Å². The number of nitrogens with zero attached hydrogens (tertiary/aromatic N) is 2. The van der Waals surface area contributed by atoms with E-state index in [1.54, 1.807) is 12.1 Å². The average molecular weight is 524 g/mol. The van der Waals surface area contributed by atoms with E-state index in [2.05, 4.69) is 5.32 Å². The lowest BCUT2D eigenvalue weighted by Crippen LogP contribution is -2.54. The van der Waals surface area contributed by atoms with Crippen LogP contribution in [-0.2, 0) is 22.4 Å². The molecule has 7 nitrogen and oxygen atoms in total. The zero-order valence-corrected chi connectivity index (χ0v) is 21.2. The Bertz CT molecular complexity index is 1500. The van der Waals surface area contributed by atoms with E-state index in [-0.39, 0.29) is 16.4 Å². The second kappa shape index (κ2) is 9.11. The maximum absolute atomic E-state index is 14.4. The molecule has 1 aromatic carbocycles. The smallest absolute Gasteiger partial charge is 0.339 e. The van der Waals surface area contributed by atoms with E-state index in [0.29, 0.717) is 21.8 Å².